The van der Waals surface area contributed by atoms with E-state index < -0.39 is 17.5 Å². The zero-order valence-corrected chi connectivity index (χ0v) is 10.4. The van der Waals surface area contributed by atoms with Gasteiger partial charge in [0.2, 0.25) is 0 Å². The number of nitrogen functional groups attached to an aromatic ring is 1. The first kappa shape index (κ1) is 14.0. The molecular formula is C14H12F2N2O2. The Morgan fingerprint density at radius 1 is 1.15 bits per heavy atom. The molecule has 0 bridgehead atoms. The van der Waals surface area contributed by atoms with Crippen molar-refractivity contribution in [2.45, 2.75) is 6.61 Å². The molecular weight excluding hydrogens is 266 g/mol. The van der Waals surface area contributed by atoms with E-state index in [1.807, 2.05) is 5.43 Å². The van der Waals surface area contributed by atoms with Gasteiger partial charge in [0.1, 0.15) is 12.4 Å². The fourth-order valence-corrected chi connectivity index (χ4v) is 1.62. The van der Waals surface area contributed by atoms with Crippen molar-refractivity contribution in [3.05, 3.63) is 65.2 Å². The molecule has 2 aromatic carbocycles. The third-order valence-corrected chi connectivity index (χ3v) is 2.62. The lowest BCUT2D eigenvalue weighted by Crippen LogP contribution is -2.30. The number of halogens is 2. The molecule has 6 heteroatoms. The standard InChI is InChI=1S/C14H12F2N2O2/c15-12-5-4-11(7-13(12)16)20-8-9-2-1-3-10(6-9)14(19)18-17/h1-7H,8,17H2,(H,18,19). The smallest absolute Gasteiger partial charge is 0.265 e. The van der Waals surface area contributed by atoms with E-state index in [-0.39, 0.29) is 12.4 Å². The molecule has 1 amide bonds. The number of carbonyl (C=O) groups is 1. The summed E-state index contributed by atoms with van der Waals surface area (Å²) in [5, 5.41) is 0. The van der Waals surface area contributed by atoms with Gasteiger partial charge in [-0.25, -0.2) is 14.6 Å². The number of carbonyl (C=O) groups excluding carboxylic acids is 1. The molecule has 3 N–H and O–H groups in total. The fraction of sp³-hybridized carbons (Fsp3) is 0.0714. The highest BCUT2D eigenvalue weighted by Gasteiger charge is 2.06. The second-order valence-corrected chi connectivity index (χ2v) is 4.04. The molecule has 0 saturated carbocycles. The maximum Gasteiger partial charge on any atom is 0.265 e. The molecule has 20 heavy (non-hydrogen) atoms. The predicted octanol–water partition coefficient (Wildman–Crippen LogP) is 2.15. The molecule has 0 atom stereocenters. The van der Waals surface area contributed by atoms with Crippen molar-refractivity contribution in [2.24, 2.45) is 5.84 Å². The van der Waals surface area contributed by atoms with Crippen LogP contribution in [0.5, 0.6) is 5.75 Å². The van der Waals surface area contributed by atoms with E-state index in [2.05, 4.69) is 0 Å². The maximum atomic E-state index is 13.0. The molecule has 2 aromatic rings. The van der Waals surface area contributed by atoms with E-state index in [0.29, 0.717) is 11.1 Å². The minimum Gasteiger partial charge on any atom is -0.489 e. The van der Waals surface area contributed by atoms with Crippen LogP contribution < -0.4 is 16.0 Å². The van der Waals surface area contributed by atoms with Crippen LogP contribution in [0, 0.1) is 11.6 Å². The average Bonchev–Trinajstić information content (AvgIpc) is 2.48. The van der Waals surface area contributed by atoms with Crippen molar-refractivity contribution in [2.75, 3.05) is 0 Å². The van der Waals surface area contributed by atoms with Crippen molar-refractivity contribution in [1.82, 2.24) is 5.43 Å². The first-order valence-electron chi connectivity index (χ1n) is 5.78. The molecule has 0 aliphatic carbocycles. The summed E-state index contributed by atoms with van der Waals surface area (Å²) in [7, 11) is 0. The van der Waals surface area contributed by atoms with Crippen molar-refractivity contribution in [1.29, 1.82) is 0 Å². The highest BCUT2D eigenvalue weighted by molar-refractivity contribution is 5.93. The quantitative estimate of drug-likeness (QED) is 0.511. The monoisotopic (exact) mass is 278 g/mol. The Balaban J connectivity index is 2.07. The number of amides is 1. The zero-order chi connectivity index (χ0) is 14.5. The number of hydrazine groups is 1. The van der Waals surface area contributed by atoms with Crippen LogP contribution in [0.2, 0.25) is 0 Å². The van der Waals surface area contributed by atoms with Crippen molar-refractivity contribution in [3.8, 4) is 5.75 Å². The molecule has 0 aliphatic rings. The van der Waals surface area contributed by atoms with Crippen molar-refractivity contribution >= 4 is 5.91 Å². The Bertz CT molecular complexity index is 632. The van der Waals surface area contributed by atoms with Gasteiger partial charge in [0.15, 0.2) is 11.6 Å². The topological polar surface area (TPSA) is 64.3 Å². The first-order valence-corrected chi connectivity index (χ1v) is 5.78. The van der Waals surface area contributed by atoms with Gasteiger partial charge in [0, 0.05) is 11.6 Å². The molecule has 104 valence electrons. The Labute approximate surface area is 114 Å². The number of hydrogen-bond donors (Lipinski definition) is 2. The Morgan fingerprint density at radius 2 is 1.95 bits per heavy atom. The van der Waals surface area contributed by atoms with Crippen LogP contribution in [0.1, 0.15) is 15.9 Å². The summed E-state index contributed by atoms with van der Waals surface area (Å²) < 4.78 is 31.1. The van der Waals surface area contributed by atoms with Crippen LogP contribution in [0.25, 0.3) is 0 Å². The molecule has 0 unspecified atom stereocenters. The molecule has 0 aromatic heterocycles. The van der Waals surface area contributed by atoms with Crippen LogP contribution in [0.15, 0.2) is 42.5 Å². The Hall–Kier alpha value is -2.47. The summed E-state index contributed by atoms with van der Waals surface area (Å²) in [5.41, 5.74) is 3.12. The third-order valence-electron chi connectivity index (χ3n) is 2.62. The van der Waals surface area contributed by atoms with E-state index in [4.69, 9.17) is 10.6 Å². The van der Waals surface area contributed by atoms with Gasteiger partial charge in [-0.3, -0.25) is 10.2 Å². The molecule has 0 spiro atoms. The second kappa shape index (κ2) is 6.12. The van der Waals surface area contributed by atoms with Crippen LogP contribution in [0.4, 0.5) is 8.78 Å². The molecule has 4 nitrogen and oxygen atoms in total. The van der Waals surface area contributed by atoms with Crippen LogP contribution in [0.3, 0.4) is 0 Å². The van der Waals surface area contributed by atoms with E-state index in [0.717, 1.165) is 12.1 Å². The minimum absolute atomic E-state index is 0.122. The highest BCUT2D eigenvalue weighted by Crippen LogP contribution is 2.17. The van der Waals surface area contributed by atoms with E-state index in [9.17, 15) is 13.6 Å². The number of nitrogens with two attached hydrogens (primary N) is 1. The number of ether oxygens (including phenoxy) is 1. The van der Waals surface area contributed by atoms with Crippen LogP contribution in [-0.4, -0.2) is 5.91 Å². The third kappa shape index (κ3) is 3.30. The van der Waals surface area contributed by atoms with E-state index >= 15 is 0 Å². The maximum absolute atomic E-state index is 13.0. The minimum atomic E-state index is -0.973. The number of nitrogens with one attached hydrogen (secondary N) is 1. The fourth-order valence-electron chi connectivity index (χ4n) is 1.62. The number of benzene rings is 2. The van der Waals surface area contributed by atoms with Gasteiger partial charge in [-0.15, -0.1) is 0 Å². The lowest BCUT2D eigenvalue weighted by atomic mass is 10.1. The van der Waals surface area contributed by atoms with Gasteiger partial charge in [0.05, 0.1) is 0 Å². The Morgan fingerprint density at radius 3 is 2.65 bits per heavy atom. The molecule has 0 heterocycles. The van der Waals surface area contributed by atoms with Gasteiger partial charge < -0.3 is 4.74 Å². The van der Waals surface area contributed by atoms with Gasteiger partial charge in [-0.1, -0.05) is 12.1 Å². The molecule has 0 saturated heterocycles. The summed E-state index contributed by atoms with van der Waals surface area (Å²) in [6.45, 7) is 0.122. The summed E-state index contributed by atoms with van der Waals surface area (Å²) in [6.07, 6.45) is 0. The summed E-state index contributed by atoms with van der Waals surface area (Å²) in [4.78, 5) is 11.4. The number of rotatable bonds is 4. The molecule has 0 aliphatic heterocycles. The number of hydrogen-bond acceptors (Lipinski definition) is 3. The van der Waals surface area contributed by atoms with E-state index in [1.165, 1.54) is 6.07 Å². The highest BCUT2D eigenvalue weighted by atomic mass is 19.2. The van der Waals surface area contributed by atoms with Crippen molar-refractivity contribution < 1.29 is 18.3 Å². The van der Waals surface area contributed by atoms with Crippen LogP contribution in [-0.2, 0) is 6.61 Å². The second-order valence-electron chi connectivity index (χ2n) is 4.04. The average molecular weight is 278 g/mol. The largest absolute Gasteiger partial charge is 0.489 e. The first-order chi connectivity index (χ1) is 9.60. The summed E-state index contributed by atoms with van der Waals surface area (Å²) in [5.74, 6) is 2.93. The van der Waals surface area contributed by atoms with E-state index in [1.54, 1.807) is 24.3 Å². The lowest BCUT2D eigenvalue weighted by molar-refractivity contribution is 0.0953. The predicted molar refractivity (Wildman–Crippen MR) is 68.8 cm³/mol. The van der Waals surface area contributed by atoms with Gasteiger partial charge >= 0.3 is 0 Å². The lowest BCUT2D eigenvalue weighted by Gasteiger charge is -2.08. The molecule has 2 rings (SSSR count). The zero-order valence-electron chi connectivity index (χ0n) is 10.4. The molecule has 0 fully saturated rings. The Kier molecular flexibility index (Phi) is 4.27. The van der Waals surface area contributed by atoms with Crippen molar-refractivity contribution in [3.63, 3.8) is 0 Å². The summed E-state index contributed by atoms with van der Waals surface area (Å²) in [6, 6.07) is 9.90. The summed E-state index contributed by atoms with van der Waals surface area (Å²) >= 11 is 0. The normalized spacial score (nSPS) is 10.2. The van der Waals surface area contributed by atoms with Crippen LogP contribution >= 0.6 is 0 Å². The van der Waals surface area contributed by atoms with Gasteiger partial charge in [-0.2, -0.15) is 0 Å². The SMILES string of the molecule is NNC(=O)c1cccc(COc2ccc(F)c(F)c2)c1. The molecule has 0 radical (unpaired) electrons. The van der Waals surface area contributed by atoms with Gasteiger partial charge in [-0.05, 0) is 29.8 Å². The van der Waals surface area contributed by atoms with Gasteiger partial charge in [0.25, 0.3) is 5.91 Å².